The Morgan fingerprint density at radius 1 is 1.25 bits per heavy atom. The van der Waals surface area contributed by atoms with Gasteiger partial charge in [0, 0.05) is 6.26 Å². The summed E-state index contributed by atoms with van der Waals surface area (Å²) in [4.78, 5) is 0. The van der Waals surface area contributed by atoms with Crippen LogP contribution in [0, 0.1) is 6.92 Å². The van der Waals surface area contributed by atoms with Crippen LogP contribution in [0.2, 0.25) is 0 Å². The van der Waals surface area contributed by atoms with Crippen molar-refractivity contribution in [3.8, 4) is 0 Å². The lowest BCUT2D eigenvalue weighted by molar-refractivity contribution is 0.596. The third-order valence-corrected chi connectivity index (χ3v) is 2.99. The van der Waals surface area contributed by atoms with Gasteiger partial charge in [-0.3, -0.25) is 0 Å². The number of benzene rings is 1. The lowest BCUT2D eigenvalue weighted by Crippen LogP contribution is -2.07. The molecule has 0 saturated carbocycles. The highest BCUT2D eigenvalue weighted by Gasteiger charge is 2.15. The fraction of sp³-hybridized carbons (Fsp3) is 0.222. The summed E-state index contributed by atoms with van der Waals surface area (Å²) < 4.78 is 22.1. The Labute approximate surface area is 73.2 Å². The minimum atomic E-state index is -3.07. The van der Waals surface area contributed by atoms with E-state index in [9.17, 15) is 8.42 Å². The van der Waals surface area contributed by atoms with Crippen LogP contribution in [-0.4, -0.2) is 14.7 Å². The molecule has 3 heteroatoms. The van der Waals surface area contributed by atoms with Crippen molar-refractivity contribution < 1.29 is 8.42 Å². The second kappa shape index (κ2) is 3.27. The lowest BCUT2D eigenvalue weighted by Gasteiger charge is -2.08. The van der Waals surface area contributed by atoms with Gasteiger partial charge in [0.2, 0.25) is 0 Å². The van der Waals surface area contributed by atoms with E-state index in [-0.39, 0.29) is 0 Å². The van der Waals surface area contributed by atoms with Gasteiger partial charge in [-0.1, -0.05) is 30.3 Å². The van der Waals surface area contributed by atoms with E-state index in [0.29, 0.717) is 0 Å². The third-order valence-electron chi connectivity index (χ3n) is 1.69. The van der Waals surface area contributed by atoms with Crippen molar-refractivity contribution in [1.82, 2.24) is 0 Å². The van der Waals surface area contributed by atoms with Gasteiger partial charge in [0.15, 0.2) is 9.84 Å². The summed E-state index contributed by atoms with van der Waals surface area (Å²) in [6.07, 6.45) is 1.19. The second-order valence-electron chi connectivity index (χ2n) is 2.73. The summed E-state index contributed by atoms with van der Waals surface area (Å²) in [5.74, 6) is 0. The van der Waals surface area contributed by atoms with Gasteiger partial charge in [-0.15, -0.1) is 0 Å². The third kappa shape index (κ3) is 2.08. The smallest absolute Gasteiger partial charge is 0.154 e. The Hall–Kier alpha value is -0.830. The summed E-state index contributed by atoms with van der Waals surface area (Å²) in [6, 6.07) is 8.98. The Kier molecular flexibility index (Phi) is 2.52. The molecule has 0 aliphatic carbocycles. The van der Waals surface area contributed by atoms with Gasteiger partial charge < -0.3 is 0 Å². The van der Waals surface area contributed by atoms with E-state index in [2.05, 4.69) is 6.92 Å². The van der Waals surface area contributed by atoms with Gasteiger partial charge in [0.25, 0.3) is 0 Å². The van der Waals surface area contributed by atoms with E-state index in [1.165, 1.54) is 6.26 Å². The molecule has 65 valence electrons. The zero-order valence-electron chi connectivity index (χ0n) is 6.90. The SMILES string of the molecule is [CH2]C(c1ccccc1)S(C)(=O)=O. The van der Waals surface area contributed by atoms with Crippen LogP contribution in [0.4, 0.5) is 0 Å². The topological polar surface area (TPSA) is 34.1 Å². The van der Waals surface area contributed by atoms with Crippen LogP contribution in [0.3, 0.4) is 0 Å². The molecule has 2 nitrogen and oxygen atoms in total. The summed E-state index contributed by atoms with van der Waals surface area (Å²) in [6.45, 7) is 3.59. The molecule has 1 aromatic rings. The highest BCUT2D eigenvalue weighted by Crippen LogP contribution is 2.19. The Morgan fingerprint density at radius 3 is 2.17 bits per heavy atom. The van der Waals surface area contributed by atoms with E-state index >= 15 is 0 Å². The molecule has 12 heavy (non-hydrogen) atoms. The molecule has 0 amide bonds. The Bertz CT molecular complexity index is 340. The van der Waals surface area contributed by atoms with Gasteiger partial charge in [0.1, 0.15) is 0 Å². The van der Waals surface area contributed by atoms with Crippen molar-refractivity contribution in [2.75, 3.05) is 6.26 Å². The Morgan fingerprint density at radius 2 is 1.75 bits per heavy atom. The molecule has 0 aliphatic heterocycles. The maximum atomic E-state index is 11.1. The maximum absolute atomic E-state index is 11.1. The minimum Gasteiger partial charge on any atom is -0.228 e. The first-order valence-corrected chi connectivity index (χ1v) is 5.54. The molecule has 0 N–H and O–H groups in total. The predicted octanol–water partition coefficient (Wildman–Crippen LogP) is 1.61. The molecule has 1 rings (SSSR count). The molecule has 0 fully saturated rings. The molecule has 0 bridgehead atoms. The van der Waals surface area contributed by atoms with Gasteiger partial charge >= 0.3 is 0 Å². The van der Waals surface area contributed by atoms with Crippen molar-refractivity contribution in [2.24, 2.45) is 0 Å². The predicted molar refractivity (Wildman–Crippen MR) is 49.4 cm³/mol. The van der Waals surface area contributed by atoms with Crippen molar-refractivity contribution in [1.29, 1.82) is 0 Å². The number of hydrogen-bond acceptors (Lipinski definition) is 2. The van der Waals surface area contributed by atoms with E-state index < -0.39 is 15.1 Å². The molecule has 0 spiro atoms. The Balaban J connectivity index is 3.02. The largest absolute Gasteiger partial charge is 0.228 e. The molecule has 0 heterocycles. The zero-order valence-corrected chi connectivity index (χ0v) is 7.71. The fourth-order valence-electron chi connectivity index (χ4n) is 0.915. The average Bonchev–Trinajstić information content (AvgIpc) is 2.03. The molecular weight excluding hydrogens is 172 g/mol. The van der Waals surface area contributed by atoms with E-state index in [0.717, 1.165) is 5.56 Å². The summed E-state index contributed by atoms with van der Waals surface area (Å²) in [5.41, 5.74) is 0.736. The van der Waals surface area contributed by atoms with E-state index in [4.69, 9.17) is 0 Å². The highest BCUT2D eigenvalue weighted by atomic mass is 32.2. The molecule has 0 aromatic heterocycles. The molecule has 1 aromatic carbocycles. The normalized spacial score (nSPS) is 14.2. The highest BCUT2D eigenvalue weighted by molar-refractivity contribution is 7.91. The van der Waals surface area contributed by atoms with Crippen molar-refractivity contribution >= 4 is 9.84 Å². The van der Waals surface area contributed by atoms with Crippen LogP contribution in [0.5, 0.6) is 0 Å². The van der Waals surface area contributed by atoms with Crippen LogP contribution < -0.4 is 0 Å². The summed E-state index contributed by atoms with van der Waals surface area (Å²) in [5, 5.41) is -0.654. The first-order valence-electron chi connectivity index (χ1n) is 3.58. The molecule has 1 unspecified atom stereocenters. The van der Waals surface area contributed by atoms with Crippen molar-refractivity contribution in [3.63, 3.8) is 0 Å². The molecule has 0 aliphatic rings. The van der Waals surface area contributed by atoms with Crippen molar-refractivity contribution in [2.45, 2.75) is 5.25 Å². The molecular formula is C9H11O2S. The number of sulfone groups is 1. The van der Waals surface area contributed by atoms with Crippen LogP contribution in [0.25, 0.3) is 0 Å². The van der Waals surface area contributed by atoms with E-state index in [1.54, 1.807) is 24.3 Å². The summed E-state index contributed by atoms with van der Waals surface area (Å²) >= 11 is 0. The first-order chi connectivity index (χ1) is 5.52. The second-order valence-corrected chi connectivity index (χ2v) is 4.96. The van der Waals surface area contributed by atoms with Crippen molar-refractivity contribution in [3.05, 3.63) is 42.8 Å². The standard InChI is InChI=1S/C9H11O2S/c1-8(12(2,10)11)9-6-4-3-5-7-9/h3-8H,1H2,2H3. The average molecular weight is 183 g/mol. The van der Waals surface area contributed by atoms with E-state index in [1.807, 2.05) is 6.07 Å². The quantitative estimate of drug-likeness (QED) is 0.698. The van der Waals surface area contributed by atoms with Gasteiger partial charge in [-0.25, -0.2) is 8.42 Å². The van der Waals surface area contributed by atoms with Crippen LogP contribution >= 0.6 is 0 Å². The van der Waals surface area contributed by atoms with Gasteiger partial charge in [-0.2, -0.15) is 0 Å². The van der Waals surface area contributed by atoms with Gasteiger partial charge in [-0.05, 0) is 12.5 Å². The van der Waals surface area contributed by atoms with Crippen LogP contribution in [0.1, 0.15) is 10.8 Å². The molecule has 1 radical (unpaired) electrons. The minimum absolute atomic E-state index is 0.654. The first kappa shape index (κ1) is 9.26. The fourth-order valence-corrected chi connectivity index (χ4v) is 1.57. The molecule has 0 saturated heterocycles. The zero-order chi connectivity index (χ0) is 9.19. The van der Waals surface area contributed by atoms with Crippen LogP contribution in [0.15, 0.2) is 30.3 Å². The van der Waals surface area contributed by atoms with Gasteiger partial charge in [0.05, 0.1) is 5.25 Å². The monoisotopic (exact) mass is 183 g/mol. The van der Waals surface area contributed by atoms with Crippen LogP contribution in [-0.2, 0) is 9.84 Å². The number of rotatable bonds is 2. The maximum Gasteiger partial charge on any atom is 0.154 e. The lowest BCUT2D eigenvalue weighted by atomic mass is 10.2. The number of hydrogen-bond donors (Lipinski definition) is 0. The summed E-state index contributed by atoms with van der Waals surface area (Å²) in [7, 11) is -3.07. The molecule has 1 atom stereocenters.